The average molecular weight is 429 g/mol. The minimum Gasteiger partial charge on any atom is -0.497 e. The van der Waals surface area contributed by atoms with E-state index in [2.05, 4.69) is 15.6 Å². The Balaban J connectivity index is 1.36. The first-order chi connectivity index (χ1) is 14.1. The summed E-state index contributed by atoms with van der Waals surface area (Å²) in [6.07, 6.45) is 0. The Morgan fingerprint density at radius 1 is 1.14 bits per heavy atom. The molecule has 8 heteroatoms. The summed E-state index contributed by atoms with van der Waals surface area (Å²) in [5, 5.41) is 6.53. The predicted molar refractivity (Wildman–Crippen MR) is 118 cm³/mol. The van der Waals surface area contributed by atoms with Crippen LogP contribution in [-0.4, -0.2) is 49.2 Å². The van der Waals surface area contributed by atoms with Gasteiger partial charge >= 0.3 is 6.03 Å². The van der Waals surface area contributed by atoms with Gasteiger partial charge in [0.1, 0.15) is 5.75 Å². The fourth-order valence-electron chi connectivity index (χ4n) is 3.19. The molecule has 150 valence electrons. The molecule has 0 radical (unpaired) electrons. The third-order valence-electron chi connectivity index (χ3n) is 4.77. The summed E-state index contributed by atoms with van der Waals surface area (Å²) in [4.78, 5) is 21.3. The van der Waals surface area contributed by atoms with Gasteiger partial charge in [-0.15, -0.1) is 11.3 Å². The molecular weight excluding hydrogens is 408 g/mol. The minimum absolute atomic E-state index is 0.108. The Morgan fingerprint density at radius 3 is 2.69 bits per heavy atom. The van der Waals surface area contributed by atoms with Crippen LogP contribution in [0.4, 0.5) is 15.6 Å². The molecule has 0 saturated carbocycles. The lowest BCUT2D eigenvalue weighted by atomic mass is 10.2. The summed E-state index contributed by atoms with van der Waals surface area (Å²) < 4.78 is 5.30. The molecule has 1 fully saturated rings. The van der Waals surface area contributed by atoms with Crippen LogP contribution in [-0.2, 0) is 0 Å². The fourth-order valence-corrected chi connectivity index (χ4v) is 4.27. The smallest absolute Gasteiger partial charge is 0.321 e. The average Bonchev–Trinajstić information content (AvgIpc) is 3.24. The first-order valence-corrected chi connectivity index (χ1v) is 10.5. The Labute approximate surface area is 178 Å². The van der Waals surface area contributed by atoms with Crippen LogP contribution in [0, 0.1) is 0 Å². The number of amides is 2. The maximum Gasteiger partial charge on any atom is 0.321 e. The highest BCUT2D eigenvalue weighted by Gasteiger charge is 2.23. The summed E-state index contributed by atoms with van der Waals surface area (Å²) >= 11 is 7.60. The second-order valence-electron chi connectivity index (χ2n) is 6.66. The van der Waals surface area contributed by atoms with E-state index >= 15 is 0 Å². The standard InChI is InChI=1S/C21H21ClN4O2S/c1-28-18-7-2-4-15(12-18)19-14-29-21(24-19)26-10-8-25(9-11-26)20(27)23-17-6-3-5-16(22)13-17/h2-7,12-14H,8-11H2,1H3,(H,23,27). The highest BCUT2D eigenvalue weighted by atomic mass is 35.5. The van der Waals surface area contributed by atoms with E-state index in [1.807, 2.05) is 41.3 Å². The lowest BCUT2D eigenvalue weighted by Gasteiger charge is -2.34. The third kappa shape index (κ3) is 4.63. The van der Waals surface area contributed by atoms with Crippen LogP contribution in [0.5, 0.6) is 5.75 Å². The van der Waals surface area contributed by atoms with Crippen molar-refractivity contribution in [3.8, 4) is 17.0 Å². The molecule has 0 spiro atoms. The number of hydrogen-bond acceptors (Lipinski definition) is 5. The number of aromatic nitrogens is 1. The highest BCUT2D eigenvalue weighted by Crippen LogP contribution is 2.30. The van der Waals surface area contributed by atoms with Crippen molar-refractivity contribution < 1.29 is 9.53 Å². The molecule has 1 saturated heterocycles. The summed E-state index contributed by atoms with van der Waals surface area (Å²) in [5.41, 5.74) is 2.67. The number of nitrogens with one attached hydrogen (secondary N) is 1. The van der Waals surface area contributed by atoms with Gasteiger partial charge in [0.25, 0.3) is 0 Å². The van der Waals surface area contributed by atoms with Crippen molar-refractivity contribution in [2.75, 3.05) is 43.5 Å². The van der Waals surface area contributed by atoms with Gasteiger partial charge in [-0.1, -0.05) is 29.8 Å². The van der Waals surface area contributed by atoms with Gasteiger partial charge in [-0.05, 0) is 30.3 Å². The Hall–Kier alpha value is -2.77. The maximum absolute atomic E-state index is 12.5. The fraction of sp³-hybridized carbons (Fsp3) is 0.238. The van der Waals surface area contributed by atoms with Crippen LogP contribution in [0.25, 0.3) is 11.3 Å². The number of hydrogen-bond donors (Lipinski definition) is 1. The lowest BCUT2D eigenvalue weighted by molar-refractivity contribution is 0.208. The molecule has 1 aliphatic rings. The van der Waals surface area contributed by atoms with Gasteiger partial charge in [-0.3, -0.25) is 0 Å². The number of thiazole rings is 1. The van der Waals surface area contributed by atoms with Gasteiger partial charge < -0.3 is 19.9 Å². The molecule has 0 unspecified atom stereocenters. The van der Waals surface area contributed by atoms with Crippen LogP contribution in [0.1, 0.15) is 0 Å². The number of carbonyl (C=O) groups excluding carboxylic acids is 1. The summed E-state index contributed by atoms with van der Waals surface area (Å²) in [6, 6.07) is 15.0. The zero-order valence-electron chi connectivity index (χ0n) is 16.0. The topological polar surface area (TPSA) is 57.7 Å². The zero-order chi connectivity index (χ0) is 20.2. The molecule has 2 heterocycles. The van der Waals surface area contributed by atoms with Crippen molar-refractivity contribution in [1.29, 1.82) is 0 Å². The monoisotopic (exact) mass is 428 g/mol. The van der Waals surface area contributed by atoms with Gasteiger partial charge in [0.2, 0.25) is 0 Å². The summed E-state index contributed by atoms with van der Waals surface area (Å²) in [5.74, 6) is 0.816. The molecular formula is C21H21ClN4O2S. The van der Waals surface area contributed by atoms with E-state index in [4.69, 9.17) is 21.3 Å². The molecule has 1 aliphatic heterocycles. The zero-order valence-corrected chi connectivity index (χ0v) is 17.5. The summed E-state index contributed by atoms with van der Waals surface area (Å²) in [6.45, 7) is 2.77. The highest BCUT2D eigenvalue weighted by molar-refractivity contribution is 7.14. The molecule has 1 aromatic heterocycles. The van der Waals surface area contributed by atoms with Gasteiger partial charge in [-0.2, -0.15) is 0 Å². The van der Waals surface area contributed by atoms with Crippen LogP contribution in [0.2, 0.25) is 5.02 Å². The Bertz CT molecular complexity index is 1000. The van der Waals surface area contributed by atoms with Crippen molar-refractivity contribution in [3.63, 3.8) is 0 Å². The second kappa shape index (κ2) is 8.71. The molecule has 4 rings (SSSR count). The van der Waals surface area contributed by atoms with E-state index in [0.29, 0.717) is 23.8 Å². The van der Waals surface area contributed by atoms with Crippen LogP contribution in [0.3, 0.4) is 0 Å². The van der Waals surface area contributed by atoms with Gasteiger partial charge in [0.05, 0.1) is 12.8 Å². The Kier molecular flexibility index (Phi) is 5.87. The molecule has 29 heavy (non-hydrogen) atoms. The van der Waals surface area contributed by atoms with Crippen molar-refractivity contribution in [3.05, 3.63) is 58.9 Å². The van der Waals surface area contributed by atoms with E-state index in [-0.39, 0.29) is 6.03 Å². The van der Waals surface area contributed by atoms with Crippen LogP contribution in [0.15, 0.2) is 53.9 Å². The van der Waals surface area contributed by atoms with Crippen molar-refractivity contribution in [2.45, 2.75) is 0 Å². The van der Waals surface area contributed by atoms with Gasteiger partial charge in [-0.25, -0.2) is 9.78 Å². The second-order valence-corrected chi connectivity index (χ2v) is 7.93. The van der Waals surface area contributed by atoms with Crippen molar-refractivity contribution >= 4 is 39.8 Å². The number of piperazine rings is 1. The number of urea groups is 1. The third-order valence-corrected chi connectivity index (χ3v) is 5.91. The van der Waals surface area contributed by atoms with E-state index in [1.165, 1.54) is 0 Å². The number of halogens is 1. The first kappa shape index (κ1) is 19.5. The largest absolute Gasteiger partial charge is 0.497 e. The molecule has 3 aromatic rings. The summed E-state index contributed by atoms with van der Waals surface area (Å²) in [7, 11) is 1.66. The molecule has 0 aliphatic carbocycles. The van der Waals surface area contributed by atoms with E-state index < -0.39 is 0 Å². The van der Waals surface area contributed by atoms with E-state index in [9.17, 15) is 4.79 Å². The van der Waals surface area contributed by atoms with Crippen molar-refractivity contribution in [2.24, 2.45) is 0 Å². The maximum atomic E-state index is 12.5. The number of methoxy groups -OCH3 is 1. The van der Waals surface area contributed by atoms with Crippen LogP contribution >= 0.6 is 22.9 Å². The molecule has 0 atom stereocenters. The number of ether oxygens (including phenoxy) is 1. The minimum atomic E-state index is -0.108. The number of benzene rings is 2. The quantitative estimate of drug-likeness (QED) is 0.646. The van der Waals surface area contributed by atoms with E-state index in [0.717, 1.165) is 35.2 Å². The number of carbonyl (C=O) groups is 1. The predicted octanol–water partition coefficient (Wildman–Crippen LogP) is 4.83. The number of anilines is 2. The molecule has 2 aromatic carbocycles. The normalized spacial score (nSPS) is 14.0. The lowest BCUT2D eigenvalue weighted by Crippen LogP contribution is -2.50. The molecule has 0 bridgehead atoms. The molecule has 2 amide bonds. The number of nitrogens with zero attached hydrogens (tertiary/aromatic N) is 3. The molecule has 6 nitrogen and oxygen atoms in total. The van der Waals surface area contributed by atoms with E-state index in [1.54, 1.807) is 30.6 Å². The SMILES string of the molecule is COc1cccc(-c2csc(N3CCN(C(=O)Nc4cccc(Cl)c4)CC3)n2)c1. The first-order valence-electron chi connectivity index (χ1n) is 9.29. The van der Waals surface area contributed by atoms with Gasteiger partial charge in [0.15, 0.2) is 5.13 Å². The van der Waals surface area contributed by atoms with Gasteiger partial charge in [0, 0.05) is 47.8 Å². The number of rotatable bonds is 4. The molecule has 1 N–H and O–H groups in total. The van der Waals surface area contributed by atoms with Crippen LogP contribution < -0.4 is 15.0 Å². The Morgan fingerprint density at radius 2 is 1.93 bits per heavy atom. The van der Waals surface area contributed by atoms with Crippen molar-refractivity contribution in [1.82, 2.24) is 9.88 Å².